The zero-order chi connectivity index (χ0) is 17.8. The number of piperidine rings is 1. The fourth-order valence-electron chi connectivity index (χ4n) is 3.33. The number of rotatable bonds is 6. The first-order valence-electron chi connectivity index (χ1n) is 8.65. The Morgan fingerprint density at radius 1 is 1.32 bits per heavy atom. The standard InChI is InChI=1S/C19H25FN2O3/c1-13-18(11-22-9-5-4-6-14(22)12-23-2)21-19(25-13)16-8-7-15(24-3)10-17(16)20/h7-8,10,14H,4-6,9,11-12H2,1-3H3. The summed E-state index contributed by atoms with van der Waals surface area (Å²) in [5, 5.41) is 0. The predicted octanol–water partition coefficient (Wildman–Crippen LogP) is 3.80. The minimum atomic E-state index is -0.401. The van der Waals surface area contributed by atoms with Gasteiger partial charge in [-0.2, -0.15) is 0 Å². The molecule has 25 heavy (non-hydrogen) atoms. The van der Waals surface area contributed by atoms with Gasteiger partial charge in [0.2, 0.25) is 5.89 Å². The number of oxazole rings is 1. The van der Waals surface area contributed by atoms with Gasteiger partial charge in [-0.15, -0.1) is 0 Å². The molecule has 0 aliphatic carbocycles. The molecule has 6 heteroatoms. The molecule has 1 aromatic carbocycles. The van der Waals surface area contributed by atoms with Crippen molar-refractivity contribution in [1.29, 1.82) is 0 Å². The van der Waals surface area contributed by atoms with Crippen molar-refractivity contribution in [3.05, 3.63) is 35.5 Å². The number of halogens is 1. The first kappa shape index (κ1) is 17.9. The average Bonchev–Trinajstić information content (AvgIpc) is 2.97. The minimum Gasteiger partial charge on any atom is -0.497 e. The second-order valence-corrected chi connectivity index (χ2v) is 6.44. The van der Waals surface area contributed by atoms with Crippen LogP contribution in [0.25, 0.3) is 11.5 Å². The third-order valence-electron chi connectivity index (χ3n) is 4.76. The first-order chi connectivity index (χ1) is 12.1. The van der Waals surface area contributed by atoms with Crippen molar-refractivity contribution < 1.29 is 18.3 Å². The van der Waals surface area contributed by atoms with Crippen molar-refractivity contribution in [2.24, 2.45) is 0 Å². The van der Waals surface area contributed by atoms with Gasteiger partial charge in [0.15, 0.2) is 0 Å². The van der Waals surface area contributed by atoms with Crippen LogP contribution in [0.15, 0.2) is 22.6 Å². The maximum absolute atomic E-state index is 14.3. The quantitative estimate of drug-likeness (QED) is 0.795. The van der Waals surface area contributed by atoms with Crippen LogP contribution in [0.1, 0.15) is 30.7 Å². The molecule has 1 saturated heterocycles. The van der Waals surface area contributed by atoms with E-state index >= 15 is 0 Å². The van der Waals surface area contributed by atoms with Crippen molar-refractivity contribution in [2.45, 2.75) is 38.8 Å². The summed E-state index contributed by atoms with van der Waals surface area (Å²) in [7, 11) is 3.25. The highest BCUT2D eigenvalue weighted by molar-refractivity contribution is 5.56. The molecule has 2 aromatic rings. The van der Waals surface area contributed by atoms with Gasteiger partial charge in [0.25, 0.3) is 0 Å². The largest absolute Gasteiger partial charge is 0.497 e. The molecule has 1 aliphatic heterocycles. The number of ether oxygens (including phenoxy) is 2. The fraction of sp³-hybridized carbons (Fsp3) is 0.526. The number of nitrogens with zero attached hydrogens (tertiary/aromatic N) is 2. The Morgan fingerprint density at radius 2 is 2.16 bits per heavy atom. The third-order valence-corrected chi connectivity index (χ3v) is 4.76. The number of likely N-dealkylation sites (tertiary alicyclic amines) is 1. The van der Waals surface area contributed by atoms with Crippen LogP contribution in [-0.2, 0) is 11.3 Å². The van der Waals surface area contributed by atoms with E-state index in [-0.39, 0.29) is 0 Å². The van der Waals surface area contributed by atoms with Crippen molar-refractivity contribution in [3.8, 4) is 17.2 Å². The summed E-state index contributed by atoms with van der Waals surface area (Å²) in [6, 6.07) is 5.08. The molecule has 0 saturated carbocycles. The number of methoxy groups -OCH3 is 2. The molecule has 1 atom stereocenters. The molecule has 0 amide bonds. The van der Waals surface area contributed by atoms with Gasteiger partial charge in [0, 0.05) is 25.8 Å². The highest BCUT2D eigenvalue weighted by Gasteiger charge is 2.25. The van der Waals surface area contributed by atoms with Crippen molar-refractivity contribution >= 4 is 0 Å². The van der Waals surface area contributed by atoms with Crippen LogP contribution in [0, 0.1) is 12.7 Å². The molecule has 136 valence electrons. The Balaban J connectivity index is 1.80. The second-order valence-electron chi connectivity index (χ2n) is 6.44. The van der Waals surface area contributed by atoms with E-state index in [2.05, 4.69) is 9.88 Å². The van der Waals surface area contributed by atoms with E-state index in [1.54, 1.807) is 19.2 Å². The van der Waals surface area contributed by atoms with E-state index in [9.17, 15) is 4.39 Å². The first-order valence-corrected chi connectivity index (χ1v) is 8.65. The lowest BCUT2D eigenvalue weighted by atomic mass is 10.0. The molecule has 1 fully saturated rings. The molecule has 5 nitrogen and oxygen atoms in total. The number of hydrogen-bond donors (Lipinski definition) is 0. The third kappa shape index (κ3) is 4.02. The summed E-state index contributed by atoms with van der Waals surface area (Å²) in [6.07, 6.45) is 3.53. The molecule has 0 N–H and O–H groups in total. The van der Waals surface area contributed by atoms with Crippen LogP contribution < -0.4 is 4.74 Å². The van der Waals surface area contributed by atoms with Gasteiger partial charge < -0.3 is 13.9 Å². The van der Waals surface area contributed by atoms with Gasteiger partial charge in [-0.05, 0) is 38.4 Å². The number of benzene rings is 1. The average molecular weight is 348 g/mol. The zero-order valence-electron chi connectivity index (χ0n) is 15.0. The van der Waals surface area contributed by atoms with E-state index in [0.717, 1.165) is 31.0 Å². The van der Waals surface area contributed by atoms with Gasteiger partial charge in [-0.25, -0.2) is 9.37 Å². The molecule has 0 spiro atoms. The van der Waals surface area contributed by atoms with Crippen molar-refractivity contribution in [1.82, 2.24) is 9.88 Å². The van der Waals surface area contributed by atoms with Crippen molar-refractivity contribution in [3.63, 3.8) is 0 Å². The van der Waals surface area contributed by atoms with Crippen LogP contribution in [-0.4, -0.2) is 43.3 Å². The summed E-state index contributed by atoms with van der Waals surface area (Å²) in [5.74, 6) is 1.11. The maximum atomic E-state index is 14.3. The molecule has 0 bridgehead atoms. The van der Waals surface area contributed by atoms with Gasteiger partial charge >= 0.3 is 0 Å². The van der Waals surface area contributed by atoms with E-state index in [1.165, 1.54) is 26.0 Å². The van der Waals surface area contributed by atoms with E-state index in [0.29, 0.717) is 29.8 Å². The SMILES string of the molecule is COCC1CCCCN1Cc1nc(-c2ccc(OC)cc2F)oc1C. The number of aryl methyl sites for hydroxylation is 1. The second kappa shape index (κ2) is 7.97. The fourth-order valence-corrected chi connectivity index (χ4v) is 3.33. The highest BCUT2D eigenvalue weighted by atomic mass is 19.1. The smallest absolute Gasteiger partial charge is 0.229 e. The topological polar surface area (TPSA) is 47.7 Å². The van der Waals surface area contributed by atoms with Crippen LogP contribution in [0.2, 0.25) is 0 Å². The zero-order valence-corrected chi connectivity index (χ0v) is 15.0. The van der Waals surface area contributed by atoms with Crippen LogP contribution >= 0.6 is 0 Å². The Labute approximate surface area is 147 Å². The van der Waals surface area contributed by atoms with E-state index < -0.39 is 5.82 Å². The van der Waals surface area contributed by atoms with E-state index in [1.807, 2.05) is 6.92 Å². The predicted molar refractivity (Wildman–Crippen MR) is 93.1 cm³/mol. The summed E-state index contributed by atoms with van der Waals surface area (Å²) in [6.45, 7) is 4.31. The lowest BCUT2D eigenvalue weighted by molar-refractivity contribution is 0.0590. The van der Waals surface area contributed by atoms with Gasteiger partial charge in [-0.1, -0.05) is 6.42 Å². The van der Waals surface area contributed by atoms with Crippen LogP contribution in [0.5, 0.6) is 5.75 Å². The monoisotopic (exact) mass is 348 g/mol. The lowest BCUT2D eigenvalue weighted by Crippen LogP contribution is -2.41. The molecule has 1 aliphatic rings. The molecular weight excluding hydrogens is 323 g/mol. The van der Waals surface area contributed by atoms with Crippen molar-refractivity contribution in [2.75, 3.05) is 27.4 Å². The van der Waals surface area contributed by atoms with Crippen LogP contribution in [0.4, 0.5) is 4.39 Å². The maximum Gasteiger partial charge on any atom is 0.229 e. The molecule has 2 heterocycles. The number of hydrogen-bond acceptors (Lipinski definition) is 5. The highest BCUT2D eigenvalue weighted by Crippen LogP contribution is 2.28. The molecule has 3 rings (SSSR count). The minimum absolute atomic E-state index is 0.313. The lowest BCUT2D eigenvalue weighted by Gasteiger charge is -2.34. The Bertz CT molecular complexity index is 715. The number of aromatic nitrogens is 1. The van der Waals surface area contributed by atoms with Gasteiger partial charge in [0.05, 0.1) is 25.0 Å². The van der Waals surface area contributed by atoms with Crippen LogP contribution in [0.3, 0.4) is 0 Å². The Kier molecular flexibility index (Phi) is 5.71. The normalized spacial score (nSPS) is 18.5. The summed E-state index contributed by atoms with van der Waals surface area (Å²) in [4.78, 5) is 6.94. The van der Waals surface area contributed by atoms with Gasteiger partial charge in [0.1, 0.15) is 17.3 Å². The summed E-state index contributed by atoms with van der Waals surface area (Å²) < 4.78 is 30.4. The van der Waals surface area contributed by atoms with Gasteiger partial charge in [-0.3, -0.25) is 4.90 Å². The molecule has 1 aromatic heterocycles. The summed E-state index contributed by atoms with van der Waals surface area (Å²) in [5.41, 5.74) is 1.20. The molecule has 1 unspecified atom stereocenters. The Hall–Kier alpha value is -1.92. The molecule has 0 radical (unpaired) electrons. The van der Waals surface area contributed by atoms with E-state index in [4.69, 9.17) is 13.9 Å². The molecular formula is C19H25FN2O3. The summed E-state index contributed by atoms with van der Waals surface area (Å²) >= 11 is 0. The Morgan fingerprint density at radius 3 is 2.88 bits per heavy atom.